The van der Waals surface area contributed by atoms with E-state index in [4.69, 9.17) is 0 Å². The third-order valence-electron chi connectivity index (χ3n) is 5.79. The van der Waals surface area contributed by atoms with Crippen molar-refractivity contribution in [1.82, 2.24) is 0 Å². The van der Waals surface area contributed by atoms with E-state index in [0.717, 1.165) is 28.9 Å². The normalized spacial score (nSPS) is 30.8. The Morgan fingerprint density at radius 3 is 1.96 bits per heavy atom. The number of anilines is 1. The number of hydrogen-bond donors (Lipinski definition) is 0. The van der Waals surface area contributed by atoms with Crippen molar-refractivity contribution in [2.45, 2.75) is 26.7 Å². The lowest BCUT2D eigenvalue weighted by atomic mass is 9.63. The molecule has 4 aliphatic rings. The molecule has 4 atom stereocenters. The summed E-state index contributed by atoms with van der Waals surface area (Å²) in [4.78, 5) is 37.9. The van der Waals surface area contributed by atoms with Crippen molar-refractivity contribution in [3.8, 4) is 0 Å². The molecule has 2 bridgehead atoms. The van der Waals surface area contributed by atoms with Crippen LogP contribution >= 0.6 is 0 Å². The van der Waals surface area contributed by atoms with E-state index in [0.29, 0.717) is 0 Å². The Morgan fingerprint density at radius 2 is 1.50 bits per heavy atom. The van der Waals surface area contributed by atoms with Gasteiger partial charge in [-0.25, -0.2) is 4.90 Å². The highest BCUT2D eigenvalue weighted by Gasteiger charge is 2.57. The topological polar surface area (TPSA) is 80.5 Å². The lowest BCUT2D eigenvalue weighted by Crippen LogP contribution is -2.38. The maximum atomic E-state index is 13.0. The molecule has 6 nitrogen and oxygen atoms in total. The second kappa shape index (κ2) is 5.00. The van der Waals surface area contributed by atoms with Crippen molar-refractivity contribution < 1.29 is 14.5 Å². The number of carbonyl (C=O) groups excluding carboxylic acids is 2. The van der Waals surface area contributed by atoms with Gasteiger partial charge in [-0.15, -0.1) is 0 Å². The van der Waals surface area contributed by atoms with Gasteiger partial charge < -0.3 is 0 Å². The van der Waals surface area contributed by atoms with Gasteiger partial charge in [-0.2, -0.15) is 0 Å². The zero-order valence-electron chi connectivity index (χ0n) is 13.6. The van der Waals surface area contributed by atoms with Gasteiger partial charge in [0, 0.05) is 6.07 Å². The number of benzene rings is 1. The van der Waals surface area contributed by atoms with Crippen LogP contribution in [0.5, 0.6) is 0 Å². The highest BCUT2D eigenvalue weighted by atomic mass is 16.6. The fourth-order valence-electron chi connectivity index (χ4n) is 4.42. The average molecular weight is 326 g/mol. The summed E-state index contributed by atoms with van der Waals surface area (Å²) in [5, 5.41) is 11.5. The molecule has 5 rings (SSSR count). The third kappa shape index (κ3) is 1.89. The number of fused-ring (bicyclic) bond motifs is 1. The quantitative estimate of drug-likeness (QED) is 0.362. The fourth-order valence-corrected chi connectivity index (χ4v) is 4.42. The largest absolute Gasteiger partial charge is 0.293 e. The number of nitro benzene ring substituents is 1. The highest BCUT2D eigenvalue weighted by Crippen LogP contribution is 2.51. The van der Waals surface area contributed by atoms with Gasteiger partial charge in [-0.05, 0) is 55.7 Å². The predicted molar refractivity (Wildman–Crippen MR) is 87.4 cm³/mol. The fraction of sp³-hybridized carbons (Fsp3) is 0.444. The van der Waals surface area contributed by atoms with E-state index in [9.17, 15) is 19.7 Å². The molecule has 1 aromatic carbocycles. The number of hydrogen-bond acceptors (Lipinski definition) is 4. The Labute approximate surface area is 139 Å². The Kier molecular flexibility index (Phi) is 3.13. The Bertz CT molecular complexity index is 781. The molecule has 0 N–H and O–H groups in total. The number of nitro groups is 1. The molecule has 0 unspecified atom stereocenters. The molecule has 1 saturated heterocycles. The molecule has 1 aromatic rings. The van der Waals surface area contributed by atoms with Crippen LogP contribution in [0.15, 0.2) is 24.3 Å². The summed E-state index contributed by atoms with van der Waals surface area (Å²) >= 11 is 0. The molecule has 6 heteroatoms. The first-order valence-electron chi connectivity index (χ1n) is 8.22. The maximum Gasteiger partial charge on any atom is 0.293 e. The first-order valence-corrected chi connectivity index (χ1v) is 8.22. The van der Waals surface area contributed by atoms with Crippen LogP contribution in [0.2, 0.25) is 0 Å². The highest BCUT2D eigenvalue weighted by molar-refractivity contribution is 6.23. The van der Waals surface area contributed by atoms with Gasteiger partial charge in [0.2, 0.25) is 11.8 Å². The Hall–Kier alpha value is -2.50. The predicted octanol–water partition coefficient (Wildman–Crippen LogP) is 2.91. The van der Waals surface area contributed by atoms with Crippen molar-refractivity contribution in [2.75, 3.05) is 4.90 Å². The van der Waals surface area contributed by atoms with Gasteiger partial charge >= 0.3 is 0 Å². The Morgan fingerprint density at radius 1 is 1.00 bits per heavy atom. The molecule has 0 radical (unpaired) electrons. The molecular formula is C18H18N2O4. The minimum Gasteiger partial charge on any atom is -0.274 e. The molecule has 1 saturated carbocycles. The van der Waals surface area contributed by atoms with E-state index in [1.807, 2.05) is 19.1 Å². The summed E-state index contributed by atoms with van der Waals surface area (Å²) in [6.07, 6.45) is 5.89. The second-order valence-electron chi connectivity index (χ2n) is 7.04. The summed E-state index contributed by atoms with van der Waals surface area (Å²) in [6, 6.07) is 3.04. The van der Waals surface area contributed by atoms with Crippen LogP contribution in [0.25, 0.3) is 0 Å². The minimum atomic E-state index is -0.517. The van der Waals surface area contributed by atoms with Crippen molar-refractivity contribution in [1.29, 1.82) is 0 Å². The van der Waals surface area contributed by atoms with E-state index in [1.165, 1.54) is 6.07 Å². The van der Waals surface area contributed by atoms with E-state index >= 15 is 0 Å². The second-order valence-corrected chi connectivity index (χ2v) is 7.04. The zero-order valence-corrected chi connectivity index (χ0v) is 13.6. The summed E-state index contributed by atoms with van der Waals surface area (Å²) in [7, 11) is 0. The molecule has 24 heavy (non-hydrogen) atoms. The molecule has 124 valence electrons. The number of nitrogens with zero attached hydrogens (tertiary/aromatic N) is 2. The van der Waals surface area contributed by atoms with Gasteiger partial charge in [-0.1, -0.05) is 12.2 Å². The number of carbonyl (C=O) groups is 2. The van der Waals surface area contributed by atoms with Crippen molar-refractivity contribution >= 4 is 23.2 Å². The van der Waals surface area contributed by atoms with Crippen LogP contribution in [-0.4, -0.2) is 16.7 Å². The molecule has 1 heterocycles. The van der Waals surface area contributed by atoms with Crippen LogP contribution in [0, 0.1) is 47.6 Å². The lowest BCUT2D eigenvalue weighted by molar-refractivity contribution is -0.384. The molecule has 0 spiro atoms. The molecule has 0 aromatic heterocycles. The summed E-state index contributed by atoms with van der Waals surface area (Å²) in [5.41, 5.74) is 1.53. The van der Waals surface area contributed by atoms with Crippen LogP contribution in [0.1, 0.15) is 24.0 Å². The monoisotopic (exact) mass is 326 g/mol. The van der Waals surface area contributed by atoms with Gasteiger partial charge in [0.25, 0.3) is 5.69 Å². The van der Waals surface area contributed by atoms with Gasteiger partial charge in [0.05, 0.1) is 16.8 Å². The Balaban J connectivity index is 1.84. The number of allylic oxidation sites excluding steroid dienone is 2. The number of aryl methyl sites for hydroxylation is 2. The van der Waals surface area contributed by atoms with E-state index < -0.39 is 4.92 Å². The average Bonchev–Trinajstić information content (AvgIpc) is 2.84. The van der Waals surface area contributed by atoms with Gasteiger partial charge in [0.1, 0.15) is 5.69 Å². The molecule has 1 aliphatic heterocycles. The summed E-state index contributed by atoms with van der Waals surface area (Å²) in [6.45, 7) is 3.61. The van der Waals surface area contributed by atoms with Crippen LogP contribution in [0.4, 0.5) is 11.4 Å². The molecular weight excluding hydrogens is 308 g/mol. The molecule has 2 fully saturated rings. The van der Waals surface area contributed by atoms with Crippen LogP contribution < -0.4 is 4.90 Å². The third-order valence-corrected chi connectivity index (χ3v) is 5.79. The SMILES string of the molecule is Cc1cc(N2C(=O)[C@@H]3[C@@H](C2=O)[C@H]2C=C[C@H]3CC2)c([N+](=O)[O-])cc1C. The smallest absolute Gasteiger partial charge is 0.274 e. The van der Waals surface area contributed by atoms with E-state index in [2.05, 4.69) is 0 Å². The van der Waals surface area contributed by atoms with Crippen molar-refractivity contribution in [3.63, 3.8) is 0 Å². The maximum absolute atomic E-state index is 13.0. The number of amides is 2. The lowest BCUT2D eigenvalue weighted by Gasteiger charge is -2.38. The van der Waals surface area contributed by atoms with Crippen molar-refractivity contribution in [2.24, 2.45) is 23.7 Å². The standard InChI is InChI=1S/C18H18N2O4/c1-9-7-13(14(20(23)24)8-10(9)2)19-17(21)15-11-3-4-12(6-5-11)16(15)18(19)22/h3-4,7-8,11-12,15-16H,5-6H2,1-2H3/t11-,12-,15-,16-/m0/s1. The van der Waals surface area contributed by atoms with Gasteiger partial charge in [0.15, 0.2) is 0 Å². The van der Waals surface area contributed by atoms with Crippen LogP contribution in [-0.2, 0) is 9.59 Å². The summed E-state index contributed by atoms with van der Waals surface area (Å²) < 4.78 is 0. The van der Waals surface area contributed by atoms with Crippen LogP contribution in [0.3, 0.4) is 0 Å². The first-order chi connectivity index (χ1) is 11.4. The molecule has 3 aliphatic carbocycles. The van der Waals surface area contributed by atoms with E-state index in [-0.39, 0.29) is 46.9 Å². The number of rotatable bonds is 2. The molecule has 2 amide bonds. The van der Waals surface area contributed by atoms with Gasteiger partial charge in [-0.3, -0.25) is 19.7 Å². The zero-order chi connectivity index (χ0) is 17.2. The first kappa shape index (κ1) is 15.1. The van der Waals surface area contributed by atoms with E-state index in [1.54, 1.807) is 13.0 Å². The minimum absolute atomic E-state index is 0.0760. The number of imide groups is 1. The summed E-state index contributed by atoms with van der Waals surface area (Å²) in [5.74, 6) is -1.13. The van der Waals surface area contributed by atoms with Crippen molar-refractivity contribution in [3.05, 3.63) is 45.5 Å².